The second kappa shape index (κ2) is 8.02. The molecule has 144 valence electrons. The van der Waals surface area contributed by atoms with E-state index in [-0.39, 0.29) is 11.5 Å². The van der Waals surface area contributed by atoms with E-state index in [0.29, 0.717) is 34.1 Å². The topological polar surface area (TPSA) is 78.0 Å². The highest BCUT2D eigenvalue weighted by Gasteiger charge is 2.18. The Morgan fingerprint density at radius 3 is 2.78 bits per heavy atom. The lowest BCUT2D eigenvalue weighted by Gasteiger charge is -2.19. The quantitative estimate of drug-likeness (QED) is 0.679. The van der Waals surface area contributed by atoms with Crippen molar-refractivity contribution >= 4 is 28.4 Å². The Balaban J connectivity index is 1.55. The number of nitrogens with one attached hydrogen (secondary N) is 2. The molecule has 0 unspecified atom stereocenters. The van der Waals surface area contributed by atoms with Crippen molar-refractivity contribution in [1.82, 2.24) is 9.97 Å². The first-order chi connectivity index (χ1) is 13.1. The number of halogens is 1. The number of hydrogen-bond acceptors (Lipinski definition) is 5. The number of rotatable bonds is 5. The van der Waals surface area contributed by atoms with E-state index in [1.54, 1.807) is 17.8 Å². The van der Waals surface area contributed by atoms with Crippen molar-refractivity contribution in [1.29, 1.82) is 0 Å². The smallest absolute Gasteiger partial charge is 0.261 e. The standard InChI is InChI=1S/C20H24FN3O2S/c21-16-9-13(22-12-3-1-2-4-12)10-17-19(16)20(26)24-18(23-17)11-27-15-7-5-14(25)6-8-15/h5,7,9-10,12,14-15,22,25H,1-4,6,8,11H2,(H,23,24,26)/t14-,15-/m0/s1. The van der Waals surface area contributed by atoms with E-state index in [1.165, 1.54) is 18.9 Å². The lowest BCUT2D eigenvalue weighted by molar-refractivity contribution is 0.205. The van der Waals surface area contributed by atoms with Crippen molar-refractivity contribution in [2.75, 3.05) is 5.32 Å². The van der Waals surface area contributed by atoms with Gasteiger partial charge in [-0.2, -0.15) is 0 Å². The number of aromatic nitrogens is 2. The number of fused-ring (bicyclic) bond motifs is 1. The first-order valence-corrected chi connectivity index (χ1v) is 10.6. The summed E-state index contributed by atoms with van der Waals surface area (Å²) in [6.45, 7) is 0. The van der Waals surface area contributed by atoms with E-state index < -0.39 is 11.4 Å². The molecule has 0 radical (unpaired) electrons. The van der Waals surface area contributed by atoms with Crippen LogP contribution in [-0.4, -0.2) is 32.5 Å². The number of aromatic amines is 1. The zero-order chi connectivity index (χ0) is 18.8. The van der Waals surface area contributed by atoms with Crippen molar-refractivity contribution in [2.24, 2.45) is 0 Å². The molecular weight excluding hydrogens is 365 g/mol. The largest absolute Gasteiger partial charge is 0.389 e. The Morgan fingerprint density at radius 1 is 1.22 bits per heavy atom. The highest BCUT2D eigenvalue weighted by molar-refractivity contribution is 7.99. The summed E-state index contributed by atoms with van der Waals surface area (Å²) in [5.74, 6) is 0.553. The fourth-order valence-electron chi connectivity index (χ4n) is 3.83. The van der Waals surface area contributed by atoms with Crippen LogP contribution in [0, 0.1) is 5.82 Å². The third-order valence-corrected chi connectivity index (χ3v) is 6.53. The first kappa shape index (κ1) is 18.5. The van der Waals surface area contributed by atoms with Crippen LogP contribution in [0.5, 0.6) is 0 Å². The van der Waals surface area contributed by atoms with Crippen LogP contribution in [0.25, 0.3) is 10.9 Å². The molecule has 4 rings (SSSR count). The minimum atomic E-state index is -0.537. The predicted molar refractivity (Wildman–Crippen MR) is 108 cm³/mol. The summed E-state index contributed by atoms with van der Waals surface area (Å²) in [6.07, 6.45) is 9.67. The first-order valence-electron chi connectivity index (χ1n) is 9.55. The van der Waals surface area contributed by atoms with Gasteiger partial charge in [0, 0.05) is 17.0 Å². The highest BCUT2D eigenvalue weighted by atomic mass is 32.2. The molecule has 1 aromatic heterocycles. The van der Waals surface area contributed by atoms with Crippen LogP contribution in [0.4, 0.5) is 10.1 Å². The second-order valence-corrected chi connectivity index (χ2v) is 8.60. The van der Waals surface area contributed by atoms with Crippen molar-refractivity contribution in [3.05, 3.63) is 46.3 Å². The number of hydrogen-bond donors (Lipinski definition) is 3. The molecule has 2 atom stereocenters. The van der Waals surface area contributed by atoms with Gasteiger partial charge in [0.25, 0.3) is 5.56 Å². The van der Waals surface area contributed by atoms with Gasteiger partial charge in [-0.25, -0.2) is 9.37 Å². The van der Waals surface area contributed by atoms with Gasteiger partial charge < -0.3 is 15.4 Å². The summed E-state index contributed by atoms with van der Waals surface area (Å²) in [7, 11) is 0. The van der Waals surface area contributed by atoms with Gasteiger partial charge >= 0.3 is 0 Å². The summed E-state index contributed by atoms with van der Waals surface area (Å²) >= 11 is 1.66. The summed E-state index contributed by atoms with van der Waals surface area (Å²) in [5, 5.41) is 13.2. The molecule has 3 N–H and O–H groups in total. The lowest BCUT2D eigenvalue weighted by atomic mass is 10.1. The Morgan fingerprint density at radius 2 is 2.04 bits per heavy atom. The summed E-state index contributed by atoms with van der Waals surface area (Å²) in [6, 6.07) is 3.54. The molecule has 2 aliphatic rings. The minimum absolute atomic E-state index is 0.0152. The zero-order valence-electron chi connectivity index (χ0n) is 15.1. The number of nitrogens with zero attached hydrogens (tertiary/aromatic N) is 1. The lowest BCUT2D eigenvalue weighted by Crippen LogP contribution is -2.17. The van der Waals surface area contributed by atoms with Gasteiger partial charge in [-0.05, 0) is 37.8 Å². The maximum atomic E-state index is 14.5. The van der Waals surface area contributed by atoms with Crippen molar-refractivity contribution in [2.45, 2.75) is 61.7 Å². The number of H-pyrrole nitrogens is 1. The molecule has 1 heterocycles. The Labute approximate surface area is 161 Å². The van der Waals surface area contributed by atoms with Crippen LogP contribution in [0.2, 0.25) is 0 Å². The SMILES string of the molecule is O=c1[nH]c(CS[C@H]2C=C[C@H](O)CC2)nc2cc(NC3CCCC3)cc(F)c12. The molecular formula is C20H24FN3O2S. The average Bonchev–Trinajstić information content (AvgIpc) is 3.13. The van der Waals surface area contributed by atoms with Crippen molar-refractivity contribution in [3.8, 4) is 0 Å². The second-order valence-electron chi connectivity index (χ2n) is 7.37. The average molecular weight is 389 g/mol. The molecule has 2 aromatic rings. The Kier molecular flexibility index (Phi) is 5.50. The van der Waals surface area contributed by atoms with Gasteiger partial charge in [0.15, 0.2) is 0 Å². The number of anilines is 1. The molecule has 0 aliphatic heterocycles. The van der Waals surface area contributed by atoms with Gasteiger partial charge in [-0.15, -0.1) is 11.8 Å². The summed E-state index contributed by atoms with van der Waals surface area (Å²) in [5.41, 5.74) is 0.646. The summed E-state index contributed by atoms with van der Waals surface area (Å²) in [4.78, 5) is 19.6. The van der Waals surface area contributed by atoms with E-state index in [1.807, 2.05) is 12.2 Å². The third-order valence-electron chi connectivity index (χ3n) is 5.26. The predicted octanol–water partition coefficient (Wildman–Crippen LogP) is 3.73. The van der Waals surface area contributed by atoms with Crippen LogP contribution in [-0.2, 0) is 5.75 Å². The van der Waals surface area contributed by atoms with Gasteiger partial charge in [0.1, 0.15) is 17.0 Å². The fraction of sp³-hybridized carbons (Fsp3) is 0.500. The highest BCUT2D eigenvalue weighted by Crippen LogP contribution is 2.27. The molecule has 27 heavy (non-hydrogen) atoms. The molecule has 0 saturated heterocycles. The number of thioether (sulfide) groups is 1. The molecule has 1 saturated carbocycles. The van der Waals surface area contributed by atoms with E-state index in [0.717, 1.165) is 25.7 Å². The van der Waals surface area contributed by atoms with Crippen molar-refractivity contribution < 1.29 is 9.50 Å². The van der Waals surface area contributed by atoms with Gasteiger partial charge in [-0.3, -0.25) is 4.79 Å². The van der Waals surface area contributed by atoms with Gasteiger partial charge in [0.2, 0.25) is 0 Å². The number of aliphatic hydroxyl groups is 1. The zero-order valence-corrected chi connectivity index (χ0v) is 15.9. The van der Waals surface area contributed by atoms with E-state index >= 15 is 0 Å². The van der Waals surface area contributed by atoms with E-state index in [2.05, 4.69) is 15.3 Å². The van der Waals surface area contributed by atoms with Crippen LogP contribution in [0.3, 0.4) is 0 Å². The Bertz CT molecular complexity index is 908. The van der Waals surface area contributed by atoms with Crippen LogP contribution >= 0.6 is 11.8 Å². The molecule has 7 heteroatoms. The molecule has 0 amide bonds. The Hall–Kier alpha value is -1.86. The minimum Gasteiger partial charge on any atom is -0.389 e. The molecule has 2 aliphatic carbocycles. The maximum absolute atomic E-state index is 14.5. The third kappa shape index (κ3) is 4.35. The molecule has 1 fully saturated rings. The van der Waals surface area contributed by atoms with Crippen molar-refractivity contribution in [3.63, 3.8) is 0 Å². The normalized spacial score (nSPS) is 23.2. The van der Waals surface area contributed by atoms with Crippen LogP contribution in [0.15, 0.2) is 29.1 Å². The van der Waals surface area contributed by atoms with E-state index in [9.17, 15) is 14.3 Å². The van der Waals surface area contributed by atoms with Gasteiger partial charge in [0.05, 0.1) is 17.4 Å². The maximum Gasteiger partial charge on any atom is 0.261 e. The molecule has 0 bridgehead atoms. The van der Waals surface area contributed by atoms with Crippen LogP contribution < -0.4 is 10.9 Å². The van der Waals surface area contributed by atoms with E-state index in [4.69, 9.17) is 0 Å². The molecule has 5 nitrogen and oxygen atoms in total. The van der Waals surface area contributed by atoms with Gasteiger partial charge in [-0.1, -0.05) is 25.0 Å². The summed E-state index contributed by atoms with van der Waals surface area (Å²) < 4.78 is 14.5. The number of aliphatic hydroxyl groups excluding tert-OH is 1. The molecule has 1 aromatic carbocycles. The fourth-order valence-corrected chi connectivity index (χ4v) is 4.85. The monoisotopic (exact) mass is 389 g/mol. The molecule has 0 spiro atoms. The van der Waals surface area contributed by atoms with Crippen LogP contribution in [0.1, 0.15) is 44.3 Å². The number of benzene rings is 1.